The zero-order chi connectivity index (χ0) is 15.2. The Balaban J connectivity index is 2.27. The van der Waals surface area contributed by atoms with E-state index in [1.54, 1.807) is 12.1 Å². The molecule has 0 heterocycles. The van der Waals surface area contributed by atoms with Gasteiger partial charge in [0, 0.05) is 21.1 Å². The summed E-state index contributed by atoms with van der Waals surface area (Å²) in [6.07, 6.45) is 1.69. The molecule has 21 heavy (non-hydrogen) atoms. The Morgan fingerprint density at radius 1 is 1.19 bits per heavy atom. The summed E-state index contributed by atoms with van der Waals surface area (Å²) in [5.74, 6) is -0.256. The molecule has 0 saturated carbocycles. The van der Waals surface area contributed by atoms with Crippen LogP contribution in [-0.2, 0) is 6.42 Å². The average molecular weight is 371 g/mol. The largest absolute Gasteiger partial charge is 0.310 e. The van der Waals surface area contributed by atoms with Gasteiger partial charge in [-0.25, -0.2) is 4.39 Å². The van der Waals surface area contributed by atoms with Crippen LogP contribution in [0.15, 0.2) is 46.9 Å². The lowest BCUT2D eigenvalue weighted by molar-refractivity contribution is 0.497. The molecule has 2 aromatic carbocycles. The van der Waals surface area contributed by atoms with Crippen molar-refractivity contribution in [1.82, 2.24) is 5.32 Å². The standard InChI is InChI=1S/C17H18BrClFN/c1-2-10-21-16(11-12-6-8-13(18)9-7-12)17-14(19)4-3-5-15(17)20/h3-9,16,21H,2,10-11H2,1H3. The van der Waals surface area contributed by atoms with Crippen LogP contribution in [0.3, 0.4) is 0 Å². The van der Waals surface area contributed by atoms with Crippen molar-refractivity contribution in [2.75, 3.05) is 6.54 Å². The van der Waals surface area contributed by atoms with Crippen molar-refractivity contribution in [3.05, 3.63) is 68.9 Å². The van der Waals surface area contributed by atoms with Crippen molar-refractivity contribution in [3.8, 4) is 0 Å². The molecule has 0 saturated heterocycles. The van der Waals surface area contributed by atoms with Gasteiger partial charge in [-0.1, -0.05) is 52.7 Å². The molecular formula is C17H18BrClFN. The molecule has 2 rings (SSSR count). The third-order valence-corrected chi connectivity index (χ3v) is 4.20. The van der Waals surface area contributed by atoms with Crippen molar-refractivity contribution in [1.29, 1.82) is 0 Å². The first kappa shape index (κ1) is 16.5. The third kappa shape index (κ3) is 4.53. The fraction of sp³-hybridized carbons (Fsp3) is 0.294. The Labute approximate surface area is 138 Å². The molecule has 0 aliphatic rings. The molecule has 0 aromatic heterocycles. The molecule has 0 aliphatic heterocycles. The fourth-order valence-corrected chi connectivity index (χ4v) is 2.85. The van der Waals surface area contributed by atoms with Gasteiger partial charge in [0.1, 0.15) is 5.82 Å². The van der Waals surface area contributed by atoms with E-state index in [-0.39, 0.29) is 11.9 Å². The molecule has 0 radical (unpaired) electrons. The minimum Gasteiger partial charge on any atom is -0.310 e. The van der Waals surface area contributed by atoms with Gasteiger partial charge in [-0.15, -0.1) is 0 Å². The second-order valence-electron chi connectivity index (χ2n) is 4.97. The molecule has 0 amide bonds. The van der Waals surface area contributed by atoms with Crippen LogP contribution < -0.4 is 5.32 Å². The van der Waals surface area contributed by atoms with Crippen LogP contribution in [0.5, 0.6) is 0 Å². The van der Waals surface area contributed by atoms with E-state index in [4.69, 9.17) is 11.6 Å². The lowest BCUT2D eigenvalue weighted by atomic mass is 9.98. The molecule has 0 bridgehead atoms. The van der Waals surface area contributed by atoms with E-state index in [0.717, 1.165) is 23.0 Å². The minimum absolute atomic E-state index is 0.125. The SMILES string of the molecule is CCCNC(Cc1ccc(Br)cc1)c1c(F)cccc1Cl. The molecule has 0 aliphatic carbocycles. The summed E-state index contributed by atoms with van der Waals surface area (Å²) in [4.78, 5) is 0. The van der Waals surface area contributed by atoms with E-state index in [0.29, 0.717) is 17.0 Å². The van der Waals surface area contributed by atoms with E-state index in [1.807, 2.05) is 24.3 Å². The summed E-state index contributed by atoms with van der Waals surface area (Å²) in [5, 5.41) is 3.87. The van der Waals surface area contributed by atoms with E-state index in [2.05, 4.69) is 28.2 Å². The number of nitrogens with one attached hydrogen (secondary N) is 1. The van der Waals surface area contributed by atoms with Crippen LogP contribution in [0.1, 0.15) is 30.5 Å². The zero-order valence-corrected chi connectivity index (χ0v) is 14.2. The highest BCUT2D eigenvalue weighted by Crippen LogP contribution is 2.28. The van der Waals surface area contributed by atoms with Gasteiger partial charge >= 0.3 is 0 Å². The molecule has 1 N–H and O–H groups in total. The van der Waals surface area contributed by atoms with Gasteiger partial charge in [-0.05, 0) is 49.2 Å². The number of hydrogen-bond acceptors (Lipinski definition) is 1. The number of rotatable bonds is 6. The van der Waals surface area contributed by atoms with Gasteiger partial charge in [-0.2, -0.15) is 0 Å². The van der Waals surface area contributed by atoms with E-state index < -0.39 is 0 Å². The van der Waals surface area contributed by atoms with Crippen molar-refractivity contribution >= 4 is 27.5 Å². The van der Waals surface area contributed by atoms with Crippen LogP contribution in [0.4, 0.5) is 4.39 Å². The summed E-state index contributed by atoms with van der Waals surface area (Å²) in [6, 6.07) is 12.8. The number of halogens is 3. The summed E-state index contributed by atoms with van der Waals surface area (Å²) in [7, 11) is 0. The normalized spacial score (nSPS) is 12.4. The molecule has 1 unspecified atom stereocenters. The molecule has 4 heteroatoms. The van der Waals surface area contributed by atoms with E-state index in [1.165, 1.54) is 6.07 Å². The second kappa shape index (κ2) is 7.92. The van der Waals surface area contributed by atoms with Crippen molar-refractivity contribution in [2.24, 2.45) is 0 Å². The van der Waals surface area contributed by atoms with Gasteiger partial charge < -0.3 is 5.32 Å². The molecule has 0 fully saturated rings. The predicted molar refractivity (Wildman–Crippen MR) is 90.3 cm³/mol. The molecule has 0 spiro atoms. The highest BCUT2D eigenvalue weighted by atomic mass is 79.9. The highest BCUT2D eigenvalue weighted by Gasteiger charge is 2.18. The minimum atomic E-state index is -0.256. The molecule has 112 valence electrons. The molecule has 1 nitrogen and oxygen atoms in total. The van der Waals surface area contributed by atoms with Gasteiger partial charge in [-0.3, -0.25) is 0 Å². The van der Waals surface area contributed by atoms with Crippen molar-refractivity contribution < 1.29 is 4.39 Å². The van der Waals surface area contributed by atoms with Gasteiger partial charge in [0.15, 0.2) is 0 Å². The van der Waals surface area contributed by atoms with Crippen LogP contribution in [0.2, 0.25) is 5.02 Å². The van der Waals surface area contributed by atoms with E-state index in [9.17, 15) is 4.39 Å². The van der Waals surface area contributed by atoms with Crippen molar-refractivity contribution in [2.45, 2.75) is 25.8 Å². The fourth-order valence-electron chi connectivity index (χ4n) is 2.29. The number of benzene rings is 2. The maximum Gasteiger partial charge on any atom is 0.129 e. The highest BCUT2D eigenvalue weighted by molar-refractivity contribution is 9.10. The summed E-state index contributed by atoms with van der Waals surface area (Å²) >= 11 is 9.63. The van der Waals surface area contributed by atoms with Crippen molar-refractivity contribution in [3.63, 3.8) is 0 Å². The maximum atomic E-state index is 14.2. The number of hydrogen-bond donors (Lipinski definition) is 1. The molecular weight excluding hydrogens is 353 g/mol. The molecule has 1 atom stereocenters. The van der Waals surface area contributed by atoms with Crippen LogP contribution in [-0.4, -0.2) is 6.54 Å². The smallest absolute Gasteiger partial charge is 0.129 e. The first-order valence-corrected chi connectivity index (χ1v) is 8.20. The third-order valence-electron chi connectivity index (χ3n) is 3.34. The first-order chi connectivity index (χ1) is 10.1. The lowest BCUT2D eigenvalue weighted by Crippen LogP contribution is -2.25. The quantitative estimate of drug-likeness (QED) is 0.705. The topological polar surface area (TPSA) is 12.0 Å². The van der Waals surface area contributed by atoms with Gasteiger partial charge in [0.25, 0.3) is 0 Å². The molecule has 2 aromatic rings. The lowest BCUT2D eigenvalue weighted by Gasteiger charge is -2.21. The monoisotopic (exact) mass is 369 g/mol. The maximum absolute atomic E-state index is 14.2. The van der Waals surface area contributed by atoms with Crippen LogP contribution >= 0.6 is 27.5 Å². The Morgan fingerprint density at radius 2 is 1.90 bits per heavy atom. The zero-order valence-electron chi connectivity index (χ0n) is 11.9. The first-order valence-electron chi connectivity index (χ1n) is 7.03. The van der Waals surface area contributed by atoms with Gasteiger partial charge in [0.2, 0.25) is 0 Å². The van der Waals surface area contributed by atoms with E-state index >= 15 is 0 Å². The Hall–Kier alpha value is -0.900. The van der Waals surface area contributed by atoms with Gasteiger partial charge in [0.05, 0.1) is 0 Å². The summed E-state index contributed by atoms with van der Waals surface area (Å²) < 4.78 is 15.2. The Kier molecular flexibility index (Phi) is 6.22. The second-order valence-corrected chi connectivity index (χ2v) is 6.30. The Bertz CT molecular complexity index is 566. The summed E-state index contributed by atoms with van der Waals surface area (Å²) in [6.45, 7) is 2.92. The Morgan fingerprint density at radius 3 is 2.52 bits per heavy atom. The van der Waals surface area contributed by atoms with Crippen LogP contribution in [0.25, 0.3) is 0 Å². The average Bonchev–Trinajstić information content (AvgIpc) is 2.46. The predicted octanol–water partition coefficient (Wildman–Crippen LogP) is 5.53. The van der Waals surface area contributed by atoms with Crippen LogP contribution in [0, 0.1) is 5.82 Å². The summed E-state index contributed by atoms with van der Waals surface area (Å²) in [5.41, 5.74) is 1.70.